The van der Waals surface area contributed by atoms with Crippen LogP contribution in [0.5, 0.6) is 0 Å². The van der Waals surface area contributed by atoms with Crippen LogP contribution in [0.4, 0.5) is 0 Å². The Bertz CT molecular complexity index is 176. The largest absolute Gasteiger partial charge is 0.377 e. The lowest BCUT2D eigenvalue weighted by atomic mass is 9.89. The highest BCUT2D eigenvalue weighted by Crippen LogP contribution is 2.18. The molecule has 0 heterocycles. The van der Waals surface area contributed by atoms with Gasteiger partial charge in [-0.15, -0.1) is 0 Å². The fourth-order valence-electron chi connectivity index (χ4n) is 0.859. The van der Waals surface area contributed by atoms with E-state index in [0.29, 0.717) is 13.2 Å². The molecule has 0 aliphatic carbocycles. The van der Waals surface area contributed by atoms with Crippen molar-refractivity contribution < 1.29 is 9.53 Å². The molecule has 0 saturated carbocycles. The van der Waals surface area contributed by atoms with Gasteiger partial charge in [-0.05, 0) is 20.3 Å². The van der Waals surface area contributed by atoms with Crippen LogP contribution in [0.3, 0.4) is 0 Å². The molecule has 0 saturated heterocycles. The molecule has 1 amide bonds. The summed E-state index contributed by atoms with van der Waals surface area (Å²) in [6.07, 6.45) is 1.08. The summed E-state index contributed by atoms with van der Waals surface area (Å²) in [5.41, 5.74) is -0.266. The fraction of sp³-hybridized carbons (Fsp3) is 0.909. The number of carbonyl (C=O) groups is 1. The van der Waals surface area contributed by atoms with E-state index in [1.807, 2.05) is 34.6 Å². The second-order valence-electron chi connectivity index (χ2n) is 4.41. The number of hydrogen-bond acceptors (Lipinski definition) is 2. The summed E-state index contributed by atoms with van der Waals surface area (Å²) >= 11 is 0. The van der Waals surface area contributed by atoms with Crippen LogP contribution in [-0.2, 0) is 9.53 Å². The molecule has 0 spiro atoms. The molecule has 0 unspecified atom stereocenters. The molecule has 0 aromatic heterocycles. The standard InChI is InChI=1S/C11H23NO2/c1-6-11(4,5)10(13)12-7-8-14-9(2)3/h9H,6-8H2,1-5H3,(H,12,13). The summed E-state index contributed by atoms with van der Waals surface area (Å²) in [6, 6.07) is 0. The summed E-state index contributed by atoms with van der Waals surface area (Å²) in [5.74, 6) is 0.104. The molecule has 1 N–H and O–H groups in total. The SMILES string of the molecule is CCC(C)(C)C(=O)NCCOC(C)C. The normalized spacial score (nSPS) is 11.9. The molecule has 3 heteroatoms. The highest BCUT2D eigenvalue weighted by atomic mass is 16.5. The Morgan fingerprint density at radius 3 is 2.43 bits per heavy atom. The van der Waals surface area contributed by atoms with E-state index < -0.39 is 0 Å². The van der Waals surface area contributed by atoms with Gasteiger partial charge in [0.2, 0.25) is 5.91 Å². The summed E-state index contributed by atoms with van der Waals surface area (Å²) < 4.78 is 5.32. The zero-order valence-corrected chi connectivity index (χ0v) is 10.0. The molecule has 84 valence electrons. The topological polar surface area (TPSA) is 38.3 Å². The number of amides is 1. The van der Waals surface area contributed by atoms with Crippen molar-refractivity contribution in [3.8, 4) is 0 Å². The highest BCUT2D eigenvalue weighted by Gasteiger charge is 2.24. The molecule has 0 aromatic rings. The number of nitrogens with one attached hydrogen (secondary N) is 1. The maximum atomic E-state index is 11.6. The van der Waals surface area contributed by atoms with Crippen LogP contribution in [0.1, 0.15) is 41.0 Å². The van der Waals surface area contributed by atoms with Crippen LogP contribution >= 0.6 is 0 Å². The van der Waals surface area contributed by atoms with E-state index in [0.717, 1.165) is 6.42 Å². The van der Waals surface area contributed by atoms with Crippen molar-refractivity contribution in [1.82, 2.24) is 5.32 Å². The predicted molar refractivity (Wildman–Crippen MR) is 58.2 cm³/mol. The molecule has 0 atom stereocenters. The van der Waals surface area contributed by atoms with Gasteiger partial charge in [-0.2, -0.15) is 0 Å². The third-order valence-electron chi connectivity index (χ3n) is 2.34. The van der Waals surface area contributed by atoms with Gasteiger partial charge in [-0.3, -0.25) is 4.79 Å². The summed E-state index contributed by atoms with van der Waals surface area (Å²) in [6.45, 7) is 11.1. The molecule has 0 radical (unpaired) electrons. The van der Waals surface area contributed by atoms with Crippen molar-refractivity contribution >= 4 is 5.91 Å². The molecule has 0 aliphatic rings. The Kier molecular flexibility index (Phi) is 5.77. The zero-order chi connectivity index (χ0) is 11.2. The van der Waals surface area contributed by atoms with Gasteiger partial charge < -0.3 is 10.1 Å². The van der Waals surface area contributed by atoms with E-state index in [4.69, 9.17) is 4.74 Å². The monoisotopic (exact) mass is 201 g/mol. The lowest BCUT2D eigenvalue weighted by Crippen LogP contribution is -2.38. The predicted octanol–water partition coefficient (Wildman–Crippen LogP) is 1.96. The minimum absolute atomic E-state index is 0.104. The van der Waals surface area contributed by atoms with Crippen molar-refractivity contribution in [1.29, 1.82) is 0 Å². The Balaban J connectivity index is 3.64. The Hall–Kier alpha value is -0.570. The van der Waals surface area contributed by atoms with Gasteiger partial charge in [-0.25, -0.2) is 0 Å². The van der Waals surface area contributed by atoms with Crippen LogP contribution < -0.4 is 5.32 Å². The van der Waals surface area contributed by atoms with Crippen LogP contribution in [0.25, 0.3) is 0 Å². The minimum atomic E-state index is -0.266. The van der Waals surface area contributed by atoms with Crippen molar-refractivity contribution in [2.45, 2.75) is 47.1 Å². The average Bonchev–Trinajstić information content (AvgIpc) is 2.11. The van der Waals surface area contributed by atoms with Gasteiger partial charge >= 0.3 is 0 Å². The Morgan fingerprint density at radius 2 is 2.00 bits per heavy atom. The van der Waals surface area contributed by atoms with Gasteiger partial charge in [0.05, 0.1) is 12.7 Å². The van der Waals surface area contributed by atoms with Crippen LogP contribution in [0, 0.1) is 5.41 Å². The Morgan fingerprint density at radius 1 is 1.43 bits per heavy atom. The third kappa shape index (κ3) is 5.22. The van der Waals surface area contributed by atoms with E-state index in [9.17, 15) is 4.79 Å². The van der Waals surface area contributed by atoms with Gasteiger partial charge in [0.1, 0.15) is 0 Å². The van der Waals surface area contributed by atoms with E-state index >= 15 is 0 Å². The summed E-state index contributed by atoms with van der Waals surface area (Å²) in [7, 11) is 0. The van der Waals surface area contributed by atoms with Gasteiger partial charge in [0.25, 0.3) is 0 Å². The first-order valence-corrected chi connectivity index (χ1v) is 5.30. The lowest BCUT2D eigenvalue weighted by molar-refractivity contribution is -0.129. The number of carbonyl (C=O) groups excluding carboxylic acids is 1. The third-order valence-corrected chi connectivity index (χ3v) is 2.34. The van der Waals surface area contributed by atoms with E-state index in [1.165, 1.54) is 0 Å². The first kappa shape index (κ1) is 13.4. The van der Waals surface area contributed by atoms with E-state index in [-0.39, 0.29) is 17.4 Å². The second kappa shape index (κ2) is 6.02. The molecule has 14 heavy (non-hydrogen) atoms. The first-order chi connectivity index (χ1) is 6.40. The molecular formula is C11H23NO2. The maximum absolute atomic E-state index is 11.6. The zero-order valence-electron chi connectivity index (χ0n) is 10.0. The van der Waals surface area contributed by atoms with Crippen molar-refractivity contribution in [2.75, 3.05) is 13.2 Å². The molecule has 0 rings (SSSR count). The number of rotatable bonds is 6. The maximum Gasteiger partial charge on any atom is 0.225 e. The Labute approximate surface area is 87.2 Å². The second-order valence-corrected chi connectivity index (χ2v) is 4.41. The number of ether oxygens (including phenoxy) is 1. The van der Waals surface area contributed by atoms with Crippen LogP contribution in [0.2, 0.25) is 0 Å². The molecule has 3 nitrogen and oxygen atoms in total. The van der Waals surface area contributed by atoms with Crippen LogP contribution in [-0.4, -0.2) is 25.2 Å². The summed E-state index contributed by atoms with van der Waals surface area (Å²) in [4.78, 5) is 11.6. The lowest BCUT2D eigenvalue weighted by Gasteiger charge is -2.21. The minimum Gasteiger partial charge on any atom is -0.377 e. The molecule has 0 aliphatic heterocycles. The van der Waals surface area contributed by atoms with Crippen LogP contribution in [0.15, 0.2) is 0 Å². The van der Waals surface area contributed by atoms with Gasteiger partial charge in [-0.1, -0.05) is 20.8 Å². The van der Waals surface area contributed by atoms with Crippen molar-refractivity contribution in [2.24, 2.45) is 5.41 Å². The molecule has 0 fully saturated rings. The fourth-order valence-corrected chi connectivity index (χ4v) is 0.859. The highest BCUT2D eigenvalue weighted by molar-refractivity contribution is 5.81. The molecule has 0 aromatic carbocycles. The summed E-state index contributed by atoms with van der Waals surface area (Å²) in [5, 5.41) is 2.87. The van der Waals surface area contributed by atoms with E-state index in [2.05, 4.69) is 5.32 Å². The van der Waals surface area contributed by atoms with Crippen molar-refractivity contribution in [3.05, 3.63) is 0 Å². The molecule has 0 bridgehead atoms. The number of hydrogen-bond donors (Lipinski definition) is 1. The smallest absolute Gasteiger partial charge is 0.225 e. The average molecular weight is 201 g/mol. The molecular weight excluding hydrogens is 178 g/mol. The van der Waals surface area contributed by atoms with Gasteiger partial charge in [0.15, 0.2) is 0 Å². The van der Waals surface area contributed by atoms with Gasteiger partial charge in [0, 0.05) is 12.0 Å². The van der Waals surface area contributed by atoms with Crippen molar-refractivity contribution in [3.63, 3.8) is 0 Å². The quantitative estimate of drug-likeness (QED) is 0.667. The first-order valence-electron chi connectivity index (χ1n) is 5.30. The van der Waals surface area contributed by atoms with E-state index in [1.54, 1.807) is 0 Å².